The van der Waals surface area contributed by atoms with Gasteiger partial charge in [0.2, 0.25) is 0 Å². The maximum Gasteiger partial charge on any atom is 0.123 e. The maximum atomic E-state index is 13.1. The summed E-state index contributed by atoms with van der Waals surface area (Å²) in [5, 5.41) is 0.527. The van der Waals surface area contributed by atoms with Crippen molar-refractivity contribution in [3.8, 4) is 0 Å². The van der Waals surface area contributed by atoms with Crippen LogP contribution in [0.5, 0.6) is 0 Å². The molecule has 16 heavy (non-hydrogen) atoms. The molecular formula is C12H15ClFNO. The maximum absolute atomic E-state index is 13.1. The summed E-state index contributed by atoms with van der Waals surface area (Å²) < 4.78 is 18.5. The van der Waals surface area contributed by atoms with E-state index in [0.29, 0.717) is 17.2 Å². The first-order valence-corrected chi connectivity index (χ1v) is 5.84. The van der Waals surface area contributed by atoms with Gasteiger partial charge in [-0.25, -0.2) is 4.39 Å². The van der Waals surface area contributed by atoms with E-state index >= 15 is 0 Å². The zero-order valence-corrected chi connectivity index (χ0v) is 9.71. The monoisotopic (exact) mass is 243 g/mol. The minimum atomic E-state index is -0.299. The second-order valence-corrected chi connectivity index (χ2v) is 4.58. The molecule has 4 heteroatoms. The van der Waals surface area contributed by atoms with Crippen molar-refractivity contribution >= 4 is 11.6 Å². The highest BCUT2D eigenvalue weighted by Crippen LogP contribution is 2.31. The molecule has 2 unspecified atom stereocenters. The summed E-state index contributed by atoms with van der Waals surface area (Å²) >= 11 is 6.02. The highest BCUT2D eigenvalue weighted by molar-refractivity contribution is 6.31. The van der Waals surface area contributed by atoms with Crippen LogP contribution in [-0.2, 0) is 4.74 Å². The molecule has 2 N–H and O–H groups in total. The number of rotatable bonds is 2. The van der Waals surface area contributed by atoms with Crippen molar-refractivity contribution in [2.45, 2.75) is 18.9 Å². The van der Waals surface area contributed by atoms with Crippen LogP contribution < -0.4 is 5.73 Å². The molecule has 1 fully saturated rings. The topological polar surface area (TPSA) is 35.2 Å². The fourth-order valence-electron chi connectivity index (χ4n) is 2.07. The van der Waals surface area contributed by atoms with E-state index in [9.17, 15) is 4.39 Å². The highest BCUT2D eigenvalue weighted by atomic mass is 35.5. The molecule has 0 aromatic heterocycles. The first-order valence-electron chi connectivity index (χ1n) is 5.47. The molecule has 0 radical (unpaired) electrons. The zero-order chi connectivity index (χ0) is 11.5. The Bertz CT molecular complexity index is 366. The van der Waals surface area contributed by atoms with Gasteiger partial charge in [-0.3, -0.25) is 0 Å². The van der Waals surface area contributed by atoms with Gasteiger partial charge in [-0.05, 0) is 36.6 Å². The fraction of sp³-hybridized carbons (Fsp3) is 0.500. The van der Waals surface area contributed by atoms with Gasteiger partial charge in [-0.15, -0.1) is 0 Å². The van der Waals surface area contributed by atoms with Gasteiger partial charge in [-0.1, -0.05) is 11.6 Å². The number of benzene rings is 1. The van der Waals surface area contributed by atoms with E-state index in [1.165, 1.54) is 12.1 Å². The van der Waals surface area contributed by atoms with Crippen molar-refractivity contribution in [2.75, 3.05) is 13.2 Å². The number of hydrogen-bond acceptors (Lipinski definition) is 2. The van der Waals surface area contributed by atoms with Crippen LogP contribution in [0.3, 0.4) is 0 Å². The number of hydrogen-bond donors (Lipinski definition) is 1. The van der Waals surface area contributed by atoms with Gasteiger partial charge in [0, 0.05) is 23.6 Å². The molecule has 1 aromatic rings. The van der Waals surface area contributed by atoms with Crippen molar-refractivity contribution in [3.05, 3.63) is 34.6 Å². The summed E-state index contributed by atoms with van der Waals surface area (Å²) in [6.07, 6.45) is 2.01. The Morgan fingerprint density at radius 2 is 2.31 bits per heavy atom. The minimum absolute atomic E-state index is 0.230. The van der Waals surface area contributed by atoms with E-state index in [-0.39, 0.29) is 17.8 Å². The Hall–Kier alpha value is -0.640. The molecule has 2 nitrogen and oxygen atoms in total. The van der Waals surface area contributed by atoms with Crippen LogP contribution >= 0.6 is 11.6 Å². The SMILES string of the molecule is NC(c1cc(F)ccc1Cl)C1CCCOC1. The van der Waals surface area contributed by atoms with Crippen molar-refractivity contribution in [3.63, 3.8) is 0 Å². The van der Waals surface area contributed by atoms with E-state index < -0.39 is 0 Å². The molecule has 0 saturated carbocycles. The number of nitrogens with two attached hydrogens (primary N) is 1. The van der Waals surface area contributed by atoms with Crippen molar-refractivity contribution in [1.29, 1.82) is 0 Å². The zero-order valence-electron chi connectivity index (χ0n) is 8.96. The Morgan fingerprint density at radius 3 is 3.00 bits per heavy atom. The van der Waals surface area contributed by atoms with E-state index in [1.54, 1.807) is 6.07 Å². The molecule has 0 bridgehead atoms. The Balaban J connectivity index is 2.18. The standard InChI is InChI=1S/C12H15ClFNO/c13-11-4-3-9(14)6-10(11)12(15)8-2-1-5-16-7-8/h3-4,6,8,12H,1-2,5,7,15H2. The van der Waals surface area contributed by atoms with Crippen molar-refractivity contribution < 1.29 is 9.13 Å². The molecule has 1 aliphatic heterocycles. The lowest BCUT2D eigenvalue weighted by atomic mass is 9.89. The van der Waals surface area contributed by atoms with Crippen molar-refractivity contribution in [1.82, 2.24) is 0 Å². The Labute approximate surface area is 99.5 Å². The van der Waals surface area contributed by atoms with Crippen LogP contribution in [0.1, 0.15) is 24.4 Å². The van der Waals surface area contributed by atoms with Gasteiger partial charge in [-0.2, -0.15) is 0 Å². The molecule has 88 valence electrons. The predicted molar refractivity (Wildman–Crippen MR) is 61.9 cm³/mol. The lowest BCUT2D eigenvalue weighted by Gasteiger charge is -2.28. The smallest absolute Gasteiger partial charge is 0.123 e. The Kier molecular flexibility index (Phi) is 3.79. The van der Waals surface area contributed by atoms with Gasteiger partial charge in [0.15, 0.2) is 0 Å². The van der Waals surface area contributed by atoms with Crippen LogP contribution in [0, 0.1) is 11.7 Å². The van der Waals surface area contributed by atoms with Crippen LogP contribution in [0.25, 0.3) is 0 Å². The summed E-state index contributed by atoms with van der Waals surface area (Å²) in [6.45, 7) is 1.42. The lowest BCUT2D eigenvalue weighted by molar-refractivity contribution is 0.0447. The first-order chi connectivity index (χ1) is 7.68. The summed E-state index contributed by atoms with van der Waals surface area (Å²) in [7, 11) is 0. The third kappa shape index (κ3) is 2.54. The van der Waals surface area contributed by atoms with Gasteiger partial charge in [0.25, 0.3) is 0 Å². The lowest BCUT2D eigenvalue weighted by Crippen LogP contribution is -2.29. The fourth-order valence-corrected chi connectivity index (χ4v) is 2.32. The average molecular weight is 244 g/mol. The molecule has 1 aliphatic rings. The third-order valence-electron chi connectivity index (χ3n) is 3.02. The highest BCUT2D eigenvalue weighted by Gasteiger charge is 2.24. The summed E-state index contributed by atoms with van der Waals surface area (Å²) in [5.74, 6) is -0.0698. The van der Waals surface area contributed by atoms with Gasteiger partial charge in [0.1, 0.15) is 5.82 Å². The second-order valence-electron chi connectivity index (χ2n) is 4.17. The van der Waals surface area contributed by atoms with E-state index in [1.807, 2.05) is 0 Å². The molecule has 0 aliphatic carbocycles. The number of halogens is 2. The van der Waals surface area contributed by atoms with Gasteiger partial charge >= 0.3 is 0 Å². The van der Waals surface area contributed by atoms with Crippen LogP contribution in [0.2, 0.25) is 5.02 Å². The second kappa shape index (κ2) is 5.13. The van der Waals surface area contributed by atoms with E-state index in [4.69, 9.17) is 22.1 Å². The third-order valence-corrected chi connectivity index (χ3v) is 3.36. The van der Waals surface area contributed by atoms with Gasteiger partial charge < -0.3 is 10.5 Å². The van der Waals surface area contributed by atoms with E-state index in [0.717, 1.165) is 19.4 Å². The summed E-state index contributed by atoms with van der Waals surface area (Å²) in [4.78, 5) is 0. The summed E-state index contributed by atoms with van der Waals surface area (Å²) in [6, 6.07) is 4.07. The molecule has 1 aromatic carbocycles. The van der Waals surface area contributed by atoms with Crippen molar-refractivity contribution in [2.24, 2.45) is 11.7 Å². The molecule has 1 saturated heterocycles. The quantitative estimate of drug-likeness (QED) is 0.867. The van der Waals surface area contributed by atoms with Crippen LogP contribution in [0.15, 0.2) is 18.2 Å². The molecule has 0 amide bonds. The molecule has 0 spiro atoms. The normalized spacial score (nSPS) is 23.1. The largest absolute Gasteiger partial charge is 0.381 e. The number of ether oxygens (including phenoxy) is 1. The summed E-state index contributed by atoms with van der Waals surface area (Å²) in [5.41, 5.74) is 6.79. The molecular weight excluding hydrogens is 229 g/mol. The molecule has 2 rings (SSSR count). The van der Waals surface area contributed by atoms with Gasteiger partial charge in [0.05, 0.1) is 6.61 Å². The Morgan fingerprint density at radius 1 is 1.50 bits per heavy atom. The van der Waals surface area contributed by atoms with E-state index in [2.05, 4.69) is 0 Å². The first kappa shape index (κ1) is 11.8. The van der Waals surface area contributed by atoms with Crippen LogP contribution in [0.4, 0.5) is 4.39 Å². The molecule has 1 heterocycles. The van der Waals surface area contributed by atoms with Crippen LogP contribution in [-0.4, -0.2) is 13.2 Å². The predicted octanol–water partition coefficient (Wildman–Crippen LogP) is 2.91. The minimum Gasteiger partial charge on any atom is -0.381 e. The molecule has 2 atom stereocenters. The average Bonchev–Trinajstić information content (AvgIpc) is 2.32.